The number of halogens is 2. The van der Waals surface area contributed by atoms with Gasteiger partial charge in [0.15, 0.2) is 0 Å². The quantitative estimate of drug-likeness (QED) is 0.798. The van der Waals surface area contributed by atoms with Crippen molar-refractivity contribution in [2.75, 3.05) is 11.6 Å². The van der Waals surface area contributed by atoms with Crippen molar-refractivity contribution in [1.29, 1.82) is 0 Å². The molecule has 80 valence electrons. The summed E-state index contributed by atoms with van der Waals surface area (Å²) in [5, 5.41) is 10.3. The van der Waals surface area contributed by atoms with Crippen LogP contribution in [0.5, 0.6) is 0 Å². The molecule has 1 aromatic rings. The Kier molecular flexibility index (Phi) is 6.70. The molecule has 1 rings (SSSR count). The number of nitrogens with two attached hydrogens (primary N) is 1. The van der Waals surface area contributed by atoms with Crippen molar-refractivity contribution in [2.24, 2.45) is 0 Å². The Balaban J connectivity index is 0.000000364. The van der Waals surface area contributed by atoms with Crippen LogP contribution in [-0.4, -0.2) is 17.0 Å². The van der Waals surface area contributed by atoms with Gasteiger partial charge in [0.25, 0.3) is 0 Å². The predicted octanol–water partition coefficient (Wildman–Crippen LogP) is 3.32. The van der Waals surface area contributed by atoms with Crippen LogP contribution < -0.4 is 5.73 Å². The van der Waals surface area contributed by atoms with E-state index in [-0.39, 0.29) is 10.6 Å². The van der Waals surface area contributed by atoms with E-state index in [1.807, 2.05) is 6.92 Å². The fraction of sp³-hybridized carbons (Fsp3) is 0.375. The van der Waals surface area contributed by atoms with Crippen LogP contribution in [0, 0.1) is 0 Å². The van der Waals surface area contributed by atoms with E-state index >= 15 is 0 Å². The third-order valence-corrected chi connectivity index (χ3v) is 2.97. The van der Waals surface area contributed by atoms with Gasteiger partial charge < -0.3 is 10.8 Å². The first kappa shape index (κ1) is 13.5. The van der Waals surface area contributed by atoms with E-state index in [1.54, 1.807) is 0 Å². The number of aromatic carboxylic acids is 1. The monoisotopic (exact) mass is 255 g/mol. The van der Waals surface area contributed by atoms with E-state index in [9.17, 15) is 4.79 Å². The maximum atomic E-state index is 10.3. The Bertz CT molecular complexity index is 300. The van der Waals surface area contributed by atoms with Crippen molar-refractivity contribution in [3.05, 3.63) is 15.3 Å². The highest BCUT2D eigenvalue weighted by Gasteiger charge is 2.12. The molecule has 0 aliphatic heterocycles. The number of alkyl halides is 1. The predicted molar refractivity (Wildman–Crippen MR) is 61.7 cm³/mol. The van der Waals surface area contributed by atoms with Gasteiger partial charge in [0.05, 0.1) is 10.7 Å². The average Bonchev–Trinajstić information content (AvgIpc) is 2.48. The summed E-state index contributed by atoms with van der Waals surface area (Å²) < 4.78 is 0. The topological polar surface area (TPSA) is 63.3 Å². The SMILES string of the molecule is CCCCl.Nc1c(Cl)csc1C(=O)O. The molecule has 0 atom stereocenters. The molecule has 1 aromatic heterocycles. The molecular formula is C8H11Cl2NO2S. The third kappa shape index (κ3) is 4.17. The lowest BCUT2D eigenvalue weighted by molar-refractivity contribution is 0.0703. The zero-order chi connectivity index (χ0) is 11.1. The molecule has 6 heteroatoms. The summed E-state index contributed by atoms with van der Waals surface area (Å²) in [6.07, 6.45) is 1.08. The fourth-order valence-electron chi connectivity index (χ4n) is 0.512. The first-order valence-electron chi connectivity index (χ1n) is 3.86. The number of hydrogen-bond acceptors (Lipinski definition) is 3. The smallest absolute Gasteiger partial charge is 0.348 e. The fourth-order valence-corrected chi connectivity index (χ4v) is 1.48. The van der Waals surface area contributed by atoms with Crippen LogP contribution >= 0.6 is 34.5 Å². The van der Waals surface area contributed by atoms with Crippen molar-refractivity contribution in [2.45, 2.75) is 13.3 Å². The number of hydrogen-bond donors (Lipinski definition) is 2. The largest absolute Gasteiger partial charge is 0.477 e. The van der Waals surface area contributed by atoms with Crippen LogP contribution in [0.25, 0.3) is 0 Å². The Morgan fingerprint density at radius 2 is 2.21 bits per heavy atom. The molecule has 0 aromatic carbocycles. The van der Waals surface area contributed by atoms with Crippen LogP contribution in [0.2, 0.25) is 5.02 Å². The molecule has 0 fully saturated rings. The van der Waals surface area contributed by atoms with Gasteiger partial charge >= 0.3 is 5.97 Å². The van der Waals surface area contributed by atoms with Gasteiger partial charge in [0.1, 0.15) is 4.88 Å². The molecule has 3 nitrogen and oxygen atoms in total. The van der Waals surface area contributed by atoms with Crippen LogP contribution in [0.4, 0.5) is 5.69 Å². The summed E-state index contributed by atoms with van der Waals surface area (Å²) in [5.41, 5.74) is 5.45. The van der Waals surface area contributed by atoms with Crippen LogP contribution in [0.1, 0.15) is 23.0 Å². The van der Waals surface area contributed by atoms with E-state index in [4.69, 9.17) is 34.0 Å². The highest BCUT2D eigenvalue weighted by atomic mass is 35.5. The number of rotatable bonds is 2. The molecule has 3 N–H and O–H groups in total. The van der Waals surface area contributed by atoms with Gasteiger partial charge in [0.2, 0.25) is 0 Å². The second kappa shape index (κ2) is 6.92. The molecule has 14 heavy (non-hydrogen) atoms. The lowest BCUT2D eigenvalue weighted by Gasteiger charge is -1.89. The number of nitrogen functional groups attached to an aromatic ring is 1. The molecule has 0 aliphatic rings. The van der Waals surface area contributed by atoms with Gasteiger partial charge in [-0.05, 0) is 6.42 Å². The van der Waals surface area contributed by atoms with E-state index in [1.165, 1.54) is 5.38 Å². The van der Waals surface area contributed by atoms with Crippen molar-refractivity contribution < 1.29 is 9.90 Å². The first-order chi connectivity index (χ1) is 6.54. The summed E-state index contributed by atoms with van der Waals surface area (Å²) in [7, 11) is 0. The third-order valence-electron chi connectivity index (χ3n) is 1.17. The van der Waals surface area contributed by atoms with E-state index in [0.717, 1.165) is 23.6 Å². The summed E-state index contributed by atoms with van der Waals surface area (Å²) >= 11 is 11.7. The van der Waals surface area contributed by atoms with Gasteiger partial charge in [-0.3, -0.25) is 0 Å². The average molecular weight is 256 g/mol. The zero-order valence-corrected chi connectivity index (χ0v) is 9.92. The number of thiophene rings is 1. The molecule has 0 unspecified atom stereocenters. The van der Waals surface area contributed by atoms with Gasteiger partial charge in [-0.1, -0.05) is 18.5 Å². The van der Waals surface area contributed by atoms with Crippen LogP contribution in [0.3, 0.4) is 0 Å². The minimum atomic E-state index is -1.03. The van der Waals surface area contributed by atoms with Gasteiger partial charge in [-0.15, -0.1) is 22.9 Å². The zero-order valence-electron chi connectivity index (χ0n) is 7.59. The standard InChI is InChI=1S/C5H4ClNO2S.C3H7Cl/c6-2-1-10-4(3(2)7)5(8)9;1-2-3-4/h1H,7H2,(H,8,9);2-3H2,1H3. The minimum Gasteiger partial charge on any atom is -0.477 e. The molecule has 1 heterocycles. The van der Waals surface area contributed by atoms with E-state index in [2.05, 4.69) is 0 Å². The molecule has 0 aliphatic carbocycles. The second-order valence-electron chi connectivity index (χ2n) is 2.32. The number of carbonyl (C=O) groups is 1. The maximum Gasteiger partial charge on any atom is 0.348 e. The minimum absolute atomic E-state index is 0.102. The lowest BCUT2D eigenvalue weighted by Crippen LogP contribution is -1.96. The van der Waals surface area contributed by atoms with Crippen molar-refractivity contribution >= 4 is 46.2 Å². The number of carboxylic acid groups (broad SMARTS) is 1. The Hall–Kier alpha value is -0.450. The molecule has 0 bridgehead atoms. The first-order valence-corrected chi connectivity index (χ1v) is 5.65. The maximum absolute atomic E-state index is 10.3. The Labute approximate surface area is 96.4 Å². The van der Waals surface area contributed by atoms with Gasteiger partial charge in [-0.2, -0.15) is 0 Å². The Morgan fingerprint density at radius 3 is 2.36 bits per heavy atom. The van der Waals surface area contributed by atoms with E-state index in [0.29, 0.717) is 5.02 Å². The van der Waals surface area contributed by atoms with Crippen molar-refractivity contribution in [3.63, 3.8) is 0 Å². The van der Waals surface area contributed by atoms with Crippen molar-refractivity contribution in [3.8, 4) is 0 Å². The molecule has 0 saturated heterocycles. The van der Waals surface area contributed by atoms with E-state index < -0.39 is 5.97 Å². The normalized spacial score (nSPS) is 9.07. The molecular weight excluding hydrogens is 245 g/mol. The van der Waals surface area contributed by atoms with Gasteiger partial charge in [0, 0.05) is 11.3 Å². The highest BCUT2D eigenvalue weighted by molar-refractivity contribution is 7.13. The summed E-state index contributed by atoms with van der Waals surface area (Å²) in [6.45, 7) is 2.05. The number of carboxylic acids is 1. The van der Waals surface area contributed by atoms with Crippen molar-refractivity contribution in [1.82, 2.24) is 0 Å². The van der Waals surface area contributed by atoms with Gasteiger partial charge in [-0.25, -0.2) is 4.79 Å². The van der Waals surface area contributed by atoms with Crippen LogP contribution in [0.15, 0.2) is 5.38 Å². The summed E-state index contributed by atoms with van der Waals surface area (Å²) in [5.74, 6) is -0.241. The highest BCUT2D eigenvalue weighted by Crippen LogP contribution is 2.28. The Morgan fingerprint density at radius 1 is 1.71 bits per heavy atom. The summed E-state index contributed by atoms with van der Waals surface area (Å²) in [4.78, 5) is 10.4. The molecule has 0 radical (unpaired) electrons. The van der Waals surface area contributed by atoms with Crippen LogP contribution in [-0.2, 0) is 0 Å². The second-order valence-corrected chi connectivity index (χ2v) is 3.99. The number of anilines is 1. The molecule has 0 amide bonds. The summed E-state index contributed by atoms with van der Waals surface area (Å²) in [6, 6.07) is 0. The lowest BCUT2D eigenvalue weighted by atomic mass is 10.4. The molecule has 0 saturated carbocycles. The molecule has 0 spiro atoms.